The summed E-state index contributed by atoms with van der Waals surface area (Å²) in [5, 5.41) is 21.3. The lowest BCUT2D eigenvalue weighted by molar-refractivity contribution is 0.0784. The number of nitrogens with zero attached hydrogens (tertiary/aromatic N) is 3. The van der Waals surface area contributed by atoms with Gasteiger partial charge in [0.25, 0.3) is 5.91 Å². The van der Waals surface area contributed by atoms with Crippen molar-refractivity contribution in [2.24, 2.45) is 0 Å². The second-order valence-electron chi connectivity index (χ2n) is 7.44. The summed E-state index contributed by atoms with van der Waals surface area (Å²) in [6, 6.07) is 4.65. The van der Waals surface area contributed by atoms with Gasteiger partial charge in [-0.25, -0.2) is 4.39 Å². The van der Waals surface area contributed by atoms with Gasteiger partial charge < -0.3 is 14.7 Å². The molecule has 7 nitrogen and oxygen atoms in total. The SMILES string of the molecule is CCOc1cc(C(=O)N(C)Cc2cnc(C(C)O)c3cn[nH]c23)cc(F)c1-c1ccsc1. The van der Waals surface area contributed by atoms with E-state index in [4.69, 9.17) is 4.74 Å². The van der Waals surface area contributed by atoms with Gasteiger partial charge >= 0.3 is 0 Å². The first kappa shape index (κ1) is 21.9. The van der Waals surface area contributed by atoms with Gasteiger partial charge in [-0.2, -0.15) is 16.4 Å². The zero-order valence-electron chi connectivity index (χ0n) is 17.9. The van der Waals surface area contributed by atoms with Crippen LogP contribution >= 0.6 is 11.3 Å². The number of aliphatic hydroxyl groups excluding tert-OH is 1. The lowest BCUT2D eigenvalue weighted by Crippen LogP contribution is -2.26. The molecule has 4 rings (SSSR count). The number of H-pyrrole nitrogens is 1. The van der Waals surface area contributed by atoms with Crippen molar-refractivity contribution in [3.63, 3.8) is 0 Å². The molecule has 1 atom stereocenters. The third-order valence-electron chi connectivity index (χ3n) is 5.16. The van der Waals surface area contributed by atoms with Crippen LogP contribution < -0.4 is 4.74 Å². The van der Waals surface area contributed by atoms with Gasteiger partial charge in [0.15, 0.2) is 0 Å². The minimum Gasteiger partial charge on any atom is -0.493 e. The van der Waals surface area contributed by atoms with E-state index in [1.807, 2.05) is 23.8 Å². The van der Waals surface area contributed by atoms with Crippen LogP contribution in [0, 0.1) is 5.82 Å². The molecule has 3 heterocycles. The minimum absolute atomic E-state index is 0.196. The van der Waals surface area contributed by atoms with Crippen molar-refractivity contribution < 1.29 is 19.0 Å². The predicted molar refractivity (Wildman–Crippen MR) is 121 cm³/mol. The van der Waals surface area contributed by atoms with Gasteiger partial charge in [0.05, 0.1) is 35.7 Å². The average molecular weight is 455 g/mol. The van der Waals surface area contributed by atoms with Crippen LogP contribution in [0.1, 0.15) is 41.6 Å². The zero-order chi connectivity index (χ0) is 22.8. The highest BCUT2D eigenvalue weighted by molar-refractivity contribution is 7.08. The summed E-state index contributed by atoms with van der Waals surface area (Å²) < 4.78 is 20.7. The number of aliphatic hydroxyl groups is 1. The minimum atomic E-state index is -0.745. The molecule has 1 unspecified atom stereocenters. The standard InChI is InChI=1S/C23H23FN4O3S/c1-4-31-19-8-15(7-18(24)20(19)14-5-6-32-12-14)23(30)28(3)11-16-9-25-21(13(2)29)17-10-26-27-22(16)17/h5-10,12-13,29H,4,11H2,1-3H3,(H,26,27). The van der Waals surface area contributed by atoms with Crippen molar-refractivity contribution in [3.05, 3.63) is 64.0 Å². The summed E-state index contributed by atoms with van der Waals surface area (Å²) in [5.74, 6) is -0.527. The smallest absolute Gasteiger partial charge is 0.254 e. The Labute approximate surface area is 188 Å². The average Bonchev–Trinajstić information content (AvgIpc) is 3.45. The molecule has 0 radical (unpaired) electrons. The Hall–Kier alpha value is -3.30. The molecule has 0 fully saturated rings. The molecule has 32 heavy (non-hydrogen) atoms. The Balaban J connectivity index is 1.64. The van der Waals surface area contributed by atoms with Crippen molar-refractivity contribution in [3.8, 4) is 16.9 Å². The third kappa shape index (κ3) is 4.09. The van der Waals surface area contributed by atoms with E-state index in [-0.39, 0.29) is 18.0 Å². The first-order valence-electron chi connectivity index (χ1n) is 10.1. The number of benzene rings is 1. The molecule has 1 amide bonds. The Morgan fingerprint density at radius 2 is 2.19 bits per heavy atom. The van der Waals surface area contributed by atoms with Crippen LogP contribution in [0.2, 0.25) is 0 Å². The Bertz CT molecular complexity index is 1250. The molecular weight excluding hydrogens is 431 g/mol. The van der Waals surface area contributed by atoms with Gasteiger partial charge in [-0.15, -0.1) is 0 Å². The predicted octanol–water partition coefficient (Wildman–Crippen LogP) is 4.55. The molecule has 9 heteroatoms. The fraction of sp³-hybridized carbons (Fsp3) is 0.261. The molecule has 166 valence electrons. The van der Waals surface area contributed by atoms with Crippen LogP contribution in [0.4, 0.5) is 4.39 Å². The number of halogens is 1. The summed E-state index contributed by atoms with van der Waals surface area (Å²) in [6.07, 6.45) is 2.46. The van der Waals surface area contributed by atoms with Crippen LogP contribution in [-0.2, 0) is 6.54 Å². The van der Waals surface area contributed by atoms with E-state index in [2.05, 4.69) is 15.2 Å². The summed E-state index contributed by atoms with van der Waals surface area (Å²) in [7, 11) is 1.64. The van der Waals surface area contributed by atoms with Gasteiger partial charge in [-0.3, -0.25) is 14.9 Å². The number of ether oxygens (including phenoxy) is 1. The molecule has 0 aliphatic rings. The quantitative estimate of drug-likeness (QED) is 0.428. The molecule has 1 aromatic carbocycles. The van der Waals surface area contributed by atoms with E-state index >= 15 is 4.39 Å². The van der Waals surface area contributed by atoms with E-state index in [0.717, 1.165) is 5.56 Å². The number of aromatic amines is 1. The molecule has 0 saturated carbocycles. The summed E-state index contributed by atoms with van der Waals surface area (Å²) in [5.41, 5.74) is 3.21. The lowest BCUT2D eigenvalue weighted by atomic mass is 10.0. The highest BCUT2D eigenvalue weighted by Gasteiger charge is 2.21. The molecule has 0 saturated heterocycles. The molecular formula is C23H23FN4O3S. The van der Waals surface area contributed by atoms with Crippen LogP contribution in [0.5, 0.6) is 5.75 Å². The normalized spacial score (nSPS) is 12.2. The van der Waals surface area contributed by atoms with Crippen molar-refractivity contribution in [2.45, 2.75) is 26.5 Å². The van der Waals surface area contributed by atoms with E-state index in [0.29, 0.717) is 40.1 Å². The summed E-state index contributed by atoms with van der Waals surface area (Å²) >= 11 is 1.46. The van der Waals surface area contributed by atoms with Crippen LogP contribution in [0.15, 0.2) is 41.4 Å². The maximum atomic E-state index is 15.0. The molecule has 4 aromatic rings. The molecule has 2 N–H and O–H groups in total. The molecule has 3 aromatic heterocycles. The maximum Gasteiger partial charge on any atom is 0.254 e. The first-order chi connectivity index (χ1) is 15.4. The molecule has 0 bridgehead atoms. The van der Waals surface area contributed by atoms with Gasteiger partial charge in [0, 0.05) is 36.3 Å². The van der Waals surface area contributed by atoms with E-state index in [1.165, 1.54) is 22.3 Å². The van der Waals surface area contributed by atoms with Gasteiger partial charge in [0.1, 0.15) is 11.6 Å². The number of aromatic nitrogens is 3. The van der Waals surface area contributed by atoms with Crippen LogP contribution in [-0.4, -0.2) is 44.7 Å². The van der Waals surface area contributed by atoms with Crippen molar-refractivity contribution in [1.82, 2.24) is 20.1 Å². The number of hydrogen-bond donors (Lipinski definition) is 2. The highest BCUT2D eigenvalue weighted by atomic mass is 32.1. The van der Waals surface area contributed by atoms with E-state index in [1.54, 1.807) is 32.4 Å². The highest BCUT2D eigenvalue weighted by Crippen LogP contribution is 2.35. The number of amides is 1. The second-order valence-corrected chi connectivity index (χ2v) is 8.22. The van der Waals surface area contributed by atoms with E-state index in [9.17, 15) is 9.90 Å². The monoisotopic (exact) mass is 454 g/mol. The number of hydrogen-bond acceptors (Lipinski definition) is 6. The second kappa shape index (κ2) is 9.05. The number of nitrogens with one attached hydrogen (secondary N) is 1. The van der Waals surface area contributed by atoms with Crippen LogP contribution in [0.3, 0.4) is 0 Å². The largest absolute Gasteiger partial charge is 0.493 e. The van der Waals surface area contributed by atoms with E-state index < -0.39 is 11.9 Å². The number of rotatable bonds is 7. The topological polar surface area (TPSA) is 91.3 Å². The Morgan fingerprint density at radius 1 is 1.38 bits per heavy atom. The van der Waals surface area contributed by atoms with Crippen LogP contribution in [0.25, 0.3) is 22.0 Å². The third-order valence-corrected chi connectivity index (χ3v) is 5.84. The summed E-state index contributed by atoms with van der Waals surface area (Å²) in [4.78, 5) is 18.9. The number of fused-ring (bicyclic) bond motifs is 1. The van der Waals surface area contributed by atoms with Crippen molar-refractivity contribution in [1.29, 1.82) is 0 Å². The molecule has 0 aliphatic heterocycles. The van der Waals surface area contributed by atoms with Gasteiger partial charge in [-0.1, -0.05) is 0 Å². The zero-order valence-corrected chi connectivity index (χ0v) is 18.7. The number of carbonyl (C=O) groups excluding carboxylic acids is 1. The Morgan fingerprint density at radius 3 is 2.88 bits per heavy atom. The first-order valence-corrected chi connectivity index (χ1v) is 11.1. The molecule has 0 aliphatic carbocycles. The number of pyridine rings is 1. The number of thiophene rings is 1. The fourth-order valence-corrected chi connectivity index (χ4v) is 4.32. The fourth-order valence-electron chi connectivity index (χ4n) is 3.67. The van der Waals surface area contributed by atoms with Gasteiger partial charge in [-0.05, 0) is 48.4 Å². The number of carbonyl (C=O) groups is 1. The maximum absolute atomic E-state index is 15.0. The van der Waals surface area contributed by atoms with Crippen molar-refractivity contribution in [2.75, 3.05) is 13.7 Å². The Kier molecular flexibility index (Phi) is 6.20. The molecule has 0 spiro atoms. The van der Waals surface area contributed by atoms with Gasteiger partial charge in [0.2, 0.25) is 0 Å². The van der Waals surface area contributed by atoms with Crippen molar-refractivity contribution >= 4 is 28.1 Å². The lowest BCUT2D eigenvalue weighted by Gasteiger charge is -2.20. The summed E-state index contributed by atoms with van der Waals surface area (Å²) in [6.45, 7) is 4.02.